The van der Waals surface area contributed by atoms with Crippen molar-refractivity contribution in [3.63, 3.8) is 0 Å². The molecule has 0 aliphatic heterocycles. The molecule has 17 heavy (non-hydrogen) atoms. The first-order valence-electron chi connectivity index (χ1n) is 5.69. The van der Waals surface area contributed by atoms with Crippen molar-refractivity contribution >= 4 is 5.91 Å². The van der Waals surface area contributed by atoms with E-state index in [9.17, 15) is 9.90 Å². The number of aliphatic hydroxyl groups is 1. The van der Waals surface area contributed by atoms with Gasteiger partial charge in [-0.3, -0.25) is 10.1 Å². The van der Waals surface area contributed by atoms with E-state index in [1.807, 2.05) is 37.3 Å². The van der Waals surface area contributed by atoms with Gasteiger partial charge in [0.15, 0.2) is 0 Å². The van der Waals surface area contributed by atoms with Crippen molar-refractivity contribution in [1.29, 1.82) is 0 Å². The second kappa shape index (κ2) is 5.80. The Hall–Kier alpha value is -1.39. The Morgan fingerprint density at radius 2 is 2.00 bits per heavy atom. The fourth-order valence-electron chi connectivity index (χ4n) is 1.79. The third kappa shape index (κ3) is 3.28. The summed E-state index contributed by atoms with van der Waals surface area (Å²) >= 11 is 0. The largest absolute Gasteiger partial charge is 0.394 e. The summed E-state index contributed by atoms with van der Waals surface area (Å²) in [6.07, 6.45) is 0. The van der Waals surface area contributed by atoms with Gasteiger partial charge in [0, 0.05) is 7.05 Å². The van der Waals surface area contributed by atoms with Gasteiger partial charge in [0.1, 0.15) is 0 Å². The number of hydrogen-bond acceptors (Lipinski definition) is 3. The van der Waals surface area contributed by atoms with E-state index >= 15 is 0 Å². The molecule has 0 saturated carbocycles. The van der Waals surface area contributed by atoms with Crippen molar-refractivity contribution < 1.29 is 9.90 Å². The van der Waals surface area contributed by atoms with Gasteiger partial charge in [-0.05, 0) is 19.4 Å². The summed E-state index contributed by atoms with van der Waals surface area (Å²) in [7, 11) is 1.60. The minimum Gasteiger partial charge on any atom is -0.394 e. The Balaban J connectivity index is 2.86. The lowest BCUT2D eigenvalue weighted by atomic mass is 9.92. The predicted octanol–water partition coefficient (Wildman–Crippen LogP) is 0.618. The van der Waals surface area contributed by atoms with E-state index in [-0.39, 0.29) is 18.6 Å². The smallest absolute Gasteiger partial charge is 0.236 e. The highest BCUT2D eigenvalue weighted by Crippen LogP contribution is 2.20. The molecule has 0 radical (unpaired) electrons. The van der Waals surface area contributed by atoms with E-state index in [0.29, 0.717) is 0 Å². The summed E-state index contributed by atoms with van der Waals surface area (Å²) in [6.45, 7) is 3.58. The molecule has 4 heteroatoms. The van der Waals surface area contributed by atoms with Crippen LogP contribution in [0.4, 0.5) is 0 Å². The summed E-state index contributed by atoms with van der Waals surface area (Å²) in [4.78, 5) is 11.5. The number of nitrogens with one attached hydrogen (secondary N) is 2. The fraction of sp³-hybridized carbons (Fsp3) is 0.462. The van der Waals surface area contributed by atoms with Crippen LogP contribution in [0.15, 0.2) is 30.3 Å². The third-order valence-corrected chi connectivity index (χ3v) is 2.90. The molecule has 1 amide bonds. The number of carbonyl (C=O) groups is 1. The molecular weight excluding hydrogens is 216 g/mol. The van der Waals surface area contributed by atoms with Crippen molar-refractivity contribution in [2.75, 3.05) is 13.7 Å². The molecule has 1 rings (SSSR count). The van der Waals surface area contributed by atoms with Crippen molar-refractivity contribution in [2.24, 2.45) is 0 Å². The van der Waals surface area contributed by atoms with Crippen LogP contribution in [0.25, 0.3) is 0 Å². The third-order valence-electron chi connectivity index (χ3n) is 2.90. The molecule has 0 aliphatic rings. The van der Waals surface area contributed by atoms with Gasteiger partial charge in [0.05, 0.1) is 18.2 Å². The van der Waals surface area contributed by atoms with Gasteiger partial charge in [0.2, 0.25) is 5.91 Å². The van der Waals surface area contributed by atoms with Crippen LogP contribution in [0, 0.1) is 0 Å². The summed E-state index contributed by atoms with van der Waals surface area (Å²) in [5.41, 5.74) is 0.339. The van der Waals surface area contributed by atoms with Crippen LogP contribution in [-0.2, 0) is 10.3 Å². The van der Waals surface area contributed by atoms with Crippen LogP contribution in [0.3, 0.4) is 0 Å². The highest BCUT2D eigenvalue weighted by Gasteiger charge is 2.29. The maximum Gasteiger partial charge on any atom is 0.236 e. The Morgan fingerprint density at radius 1 is 1.41 bits per heavy atom. The molecule has 94 valence electrons. The van der Waals surface area contributed by atoms with Gasteiger partial charge in [-0.15, -0.1) is 0 Å². The maximum atomic E-state index is 11.5. The summed E-state index contributed by atoms with van der Waals surface area (Å²) in [6, 6.07) is 9.24. The zero-order valence-electron chi connectivity index (χ0n) is 10.5. The van der Waals surface area contributed by atoms with Crippen molar-refractivity contribution in [3.05, 3.63) is 35.9 Å². The molecule has 0 spiro atoms. The molecule has 0 bridgehead atoms. The van der Waals surface area contributed by atoms with Crippen LogP contribution in [-0.4, -0.2) is 30.7 Å². The van der Waals surface area contributed by atoms with E-state index in [1.54, 1.807) is 14.0 Å². The first kappa shape index (κ1) is 13.7. The average Bonchev–Trinajstić information content (AvgIpc) is 2.38. The van der Waals surface area contributed by atoms with Gasteiger partial charge in [0.25, 0.3) is 0 Å². The normalized spacial score (nSPS) is 16.0. The lowest BCUT2D eigenvalue weighted by Gasteiger charge is -2.32. The van der Waals surface area contributed by atoms with Gasteiger partial charge in [-0.2, -0.15) is 0 Å². The lowest BCUT2D eigenvalue weighted by Crippen LogP contribution is -2.52. The number of likely N-dealkylation sites (N-methyl/N-ethyl adjacent to an activating group) is 1. The maximum absolute atomic E-state index is 11.5. The zero-order valence-corrected chi connectivity index (χ0v) is 10.5. The molecule has 1 aromatic carbocycles. The van der Waals surface area contributed by atoms with Crippen molar-refractivity contribution in [2.45, 2.75) is 25.4 Å². The Kier molecular flexibility index (Phi) is 4.66. The molecule has 1 aromatic rings. The molecule has 0 aliphatic carbocycles. The van der Waals surface area contributed by atoms with Gasteiger partial charge >= 0.3 is 0 Å². The first-order chi connectivity index (χ1) is 8.03. The van der Waals surface area contributed by atoms with E-state index in [0.717, 1.165) is 5.56 Å². The number of carbonyl (C=O) groups excluding carboxylic acids is 1. The number of benzene rings is 1. The Labute approximate surface area is 102 Å². The summed E-state index contributed by atoms with van der Waals surface area (Å²) in [5.74, 6) is -0.0967. The Morgan fingerprint density at radius 3 is 2.47 bits per heavy atom. The number of aliphatic hydroxyl groups excluding tert-OH is 1. The molecule has 0 aromatic heterocycles. The van der Waals surface area contributed by atoms with Crippen LogP contribution < -0.4 is 10.6 Å². The molecule has 2 atom stereocenters. The van der Waals surface area contributed by atoms with Crippen LogP contribution in [0.5, 0.6) is 0 Å². The molecule has 0 fully saturated rings. The van der Waals surface area contributed by atoms with E-state index < -0.39 is 5.54 Å². The molecular formula is C13H20N2O2. The second-order valence-electron chi connectivity index (χ2n) is 4.34. The number of amides is 1. The standard InChI is InChI=1S/C13H20N2O2/c1-10(12(17)14-3)15-13(2,9-16)11-7-5-4-6-8-11/h4-8,10,15-16H,9H2,1-3H3,(H,14,17). The van der Waals surface area contributed by atoms with Crippen LogP contribution >= 0.6 is 0 Å². The number of hydrogen-bond donors (Lipinski definition) is 3. The predicted molar refractivity (Wildman–Crippen MR) is 67.5 cm³/mol. The SMILES string of the molecule is CNC(=O)C(C)NC(C)(CO)c1ccccc1. The number of rotatable bonds is 5. The van der Waals surface area contributed by atoms with Gasteiger partial charge in [-0.25, -0.2) is 0 Å². The topological polar surface area (TPSA) is 61.4 Å². The lowest BCUT2D eigenvalue weighted by molar-refractivity contribution is -0.122. The van der Waals surface area contributed by atoms with Crippen LogP contribution in [0.2, 0.25) is 0 Å². The molecule has 0 saturated heterocycles. The van der Waals surface area contributed by atoms with E-state index in [4.69, 9.17) is 0 Å². The Bertz CT molecular complexity index is 367. The van der Waals surface area contributed by atoms with Gasteiger partial charge < -0.3 is 10.4 Å². The molecule has 4 nitrogen and oxygen atoms in total. The second-order valence-corrected chi connectivity index (χ2v) is 4.34. The summed E-state index contributed by atoms with van der Waals surface area (Å²) < 4.78 is 0. The fourth-order valence-corrected chi connectivity index (χ4v) is 1.79. The summed E-state index contributed by atoms with van der Waals surface area (Å²) in [5, 5.41) is 15.3. The van der Waals surface area contributed by atoms with E-state index in [2.05, 4.69) is 10.6 Å². The minimum atomic E-state index is -0.618. The highest BCUT2D eigenvalue weighted by molar-refractivity contribution is 5.81. The monoisotopic (exact) mass is 236 g/mol. The quantitative estimate of drug-likeness (QED) is 0.702. The zero-order chi connectivity index (χ0) is 12.9. The van der Waals surface area contributed by atoms with Gasteiger partial charge in [-0.1, -0.05) is 30.3 Å². The molecule has 3 N–H and O–H groups in total. The van der Waals surface area contributed by atoms with Crippen molar-refractivity contribution in [3.8, 4) is 0 Å². The molecule has 0 heterocycles. The average molecular weight is 236 g/mol. The minimum absolute atomic E-state index is 0.0711. The van der Waals surface area contributed by atoms with Crippen molar-refractivity contribution in [1.82, 2.24) is 10.6 Å². The highest BCUT2D eigenvalue weighted by atomic mass is 16.3. The first-order valence-corrected chi connectivity index (χ1v) is 5.69. The molecule has 2 unspecified atom stereocenters. The van der Waals surface area contributed by atoms with Crippen LogP contribution in [0.1, 0.15) is 19.4 Å². The van der Waals surface area contributed by atoms with E-state index in [1.165, 1.54) is 0 Å².